The van der Waals surface area contributed by atoms with Crippen LogP contribution in [0.4, 0.5) is 11.4 Å². The molecule has 0 radical (unpaired) electrons. The molecular formula is C16H25Cl2N3O2. The maximum atomic E-state index is 12.9. The normalized spacial score (nSPS) is 19.1. The molecule has 7 heteroatoms. The molecule has 1 aromatic carbocycles. The number of amides is 1. The van der Waals surface area contributed by atoms with Gasteiger partial charge in [-0.05, 0) is 37.5 Å². The smallest absolute Gasteiger partial charge is 0.244 e. The molecule has 130 valence electrons. The topological polar surface area (TPSA) is 58.8 Å². The molecule has 1 saturated heterocycles. The highest BCUT2D eigenvalue weighted by Crippen LogP contribution is 2.32. The predicted molar refractivity (Wildman–Crippen MR) is 97.9 cm³/mol. The Hall–Kier alpha value is -1.01. The molecule has 1 aromatic rings. The van der Waals surface area contributed by atoms with Crippen molar-refractivity contribution in [2.45, 2.75) is 25.8 Å². The minimum atomic E-state index is -0.110. The van der Waals surface area contributed by atoms with Crippen molar-refractivity contribution >= 4 is 42.1 Å². The Bertz CT molecular complexity index is 536. The minimum absolute atomic E-state index is 0. The minimum Gasteiger partial charge on any atom is -0.398 e. The summed E-state index contributed by atoms with van der Waals surface area (Å²) in [5.74, 6) is 0.170. The Balaban J connectivity index is 0.00000132. The van der Waals surface area contributed by atoms with Gasteiger partial charge in [0.05, 0.1) is 19.3 Å². The molecular weight excluding hydrogens is 337 g/mol. The van der Waals surface area contributed by atoms with E-state index in [1.807, 2.05) is 30.0 Å². The molecule has 2 heterocycles. The number of nitrogens with zero attached hydrogens (tertiary/aromatic N) is 2. The first-order valence-corrected chi connectivity index (χ1v) is 7.69. The molecule has 0 saturated carbocycles. The average Bonchev–Trinajstić information content (AvgIpc) is 2.54. The molecule has 0 spiro atoms. The second-order valence-electron chi connectivity index (χ2n) is 5.76. The van der Waals surface area contributed by atoms with Gasteiger partial charge < -0.3 is 15.4 Å². The van der Waals surface area contributed by atoms with E-state index < -0.39 is 0 Å². The summed E-state index contributed by atoms with van der Waals surface area (Å²) >= 11 is 0. The number of fused-ring (bicyclic) bond motifs is 1. The zero-order chi connectivity index (χ0) is 14.8. The molecule has 1 amide bonds. The highest BCUT2D eigenvalue weighted by Gasteiger charge is 2.30. The summed E-state index contributed by atoms with van der Waals surface area (Å²) < 4.78 is 5.36. The van der Waals surface area contributed by atoms with Crippen LogP contribution in [0.2, 0.25) is 0 Å². The van der Waals surface area contributed by atoms with Crippen molar-refractivity contribution in [1.29, 1.82) is 0 Å². The van der Waals surface area contributed by atoms with Crippen molar-refractivity contribution in [3.05, 3.63) is 23.8 Å². The predicted octanol–water partition coefficient (Wildman–Crippen LogP) is 2.11. The van der Waals surface area contributed by atoms with E-state index in [1.165, 1.54) is 0 Å². The maximum absolute atomic E-state index is 12.9. The van der Waals surface area contributed by atoms with E-state index in [0.29, 0.717) is 13.2 Å². The Labute approximate surface area is 150 Å². The average molecular weight is 362 g/mol. The van der Waals surface area contributed by atoms with Crippen LogP contribution in [0, 0.1) is 0 Å². The van der Waals surface area contributed by atoms with Gasteiger partial charge in [-0.3, -0.25) is 9.69 Å². The third-order valence-corrected chi connectivity index (χ3v) is 4.50. The van der Waals surface area contributed by atoms with Crippen LogP contribution in [0.25, 0.3) is 0 Å². The van der Waals surface area contributed by atoms with Crippen LogP contribution in [0.1, 0.15) is 18.9 Å². The van der Waals surface area contributed by atoms with Crippen molar-refractivity contribution in [2.75, 3.05) is 43.5 Å². The summed E-state index contributed by atoms with van der Waals surface area (Å²) in [7, 11) is 0. The van der Waals surface area contributed by atoms with Gasteiger partial charge in [-0.2, -0.15) is 0 Å². The first kappa shape index (κ1) is 20.0. The number of carbonyl (C=O) groups is 1. The molecule has 1 fully saturated rings. The van der Waals surface area contributed by atoms with Crippen LogP contribution in [-0.2, 0) is 16.0 Å². The molecule has 1 unspecified atom stereocenters. The first-order valence-electron chi connectivity index (χ1n) is 7.69. The van der Waals surface area contributed by atoms with Crippen LogP contribution in [0.3, 0.4) is 0 Å². The van der Waals surface area contributed by atoms with Crippen LogP contribution < -0.4 is 10.6 Å². The van der Waals surface area contributed by atoms with Gasteiger partial charge >= 0.3 is 0 Å². The van der Waals surface area contributed by atoms with Crippen LogP contribution in [0.5, 0.6) is 0 Å². The van der Waals surface area contributed by atoms with Gasteiger partial charge in [0, 0.05) is 31.0 Å². The molecule has 2 aliphatic rings. The number of morpholine rings is 1. The lowest BCUT2D eigenvalue weighted by Crippen LogP contribution is -2.52. The molecule has 0 aliphatic carbocycles. The lowest BCUT2D eigenvalue weighted by molar-refractivity contribution is -0.125. The van der Waals surface area contributed by atoms with Crippen molar-refractivity contribution < 1.29 is 9.53 Å². The van der Waals surface area contributed by atoms with Gasteiger partial charge in [0.2, 0.25) is 5.91 Å². The van der Waals surface area contributed by atoms with E-state index in [4.69, 9.17) is 10.5 Å². The zero-order valence-electron chi connectivity index (χ0n) is 13.4. The Kier molecular flexibility index (Phi) is 7.61. The fourth-order valence-corrected chi connectivity index (χ4v) is 3.23. The van der Waals surface area contributed by atoms with Crippen molar-refractivity contribution in [1.82, 2.24) is 4.90 Å². The zero-order valence-corrected chi connectivity index (χ0v) is 15.0. The largest absolute Gasteiger partial charge is 0.398 e. The first-order chi connectivity index (χ1) is 10.2. The van der Waals surface area contributed by atoms with Crippen molar-refractivity contribution in [2.24, 2.45) is 0 Å². The van der Waals surface area contributed by atoms with Gasteiger partial charge in [0.1, 0.15) is 0 Å². The number of rotatable bonds is 2. The molecule has 23 heavy (non-hydrogen) atoms. The number of nitrogen functional groups attached to an aromatic ring is 1. The lowest BCUT2D eigenvalue weighted by atomic mass is 9.99. The number of nitrogens with two attached hydrogens (primary N) is 1. The maximum Gasteiger partial charge on any atom is 0.244 e. The molecule has 1 atom stereocenters. The number of anilines is 2. The number of hydrogen-bond acceptors (Lipinski definition) is 4. The molecule has 2 aliphatic heterocycles. The number of ether oxygens (including phenoxy) is 1. The fourth-order valence-electron chi connectivity index (χ4n) is 3.23. The van der Waals surface area contributed by atoms with E-state index in [-0.39, 0.29) is 36.8 Å². The van der Waals surface area contributed by atoms with Crippen molar-refractivity contribution in [3.63, 3.8) is 0 Å². The quantitative estimate of drug-likeness (QED) is 0.819. The molecule has 2 N–H and O–H groups in total. The highest BCUT2D eigenvalue weighted by molar-refractivity contribution is 5.98. The van der Waals surface area contributed by atoms with Crippen LogP contribution >= 0.6 is 24.8 Å². The molecule has 5 nitrogen and oxygen atoms in total. The molecule has 0 aromatic heterocycles. The van der Waals surface area contributed by atoms with E-state index >= 15 is 0 Å². The standard InChI is InChI=1S/C16H23N3O2.2ClH/c1-12(18-8-10-21-11-9-18)16(20)19-7-3-4-13-14(17)5-2-6-15(13)19;;/h2,5-6,12H,3-4,7-11,17H2,1H3;2*1H. The van der Waals surface area contributed by atoms with Gasteiger partial charge in [0.15, 0.2) is 0 Å². The second kappa shape index (κ2) is 8.73. The number of halogens is 2. The summed E-state index contributed by atoms with van der Waals surface area (Å²) in [4.78, 5) is 17.0. The molecule has 3 rings (SSSR count). The number of benzene rings is 1. The SMILES string of the molecule is CC(C(=O)N1CCCc2c(N)cccc21)N1CCOCC1.Cl.Cl. The second-order valence-corrected chi connectivity index (χ2v) is 5.76. The van der Waals surface area contributed by atoms with Crippen LogP contribution in [0.15, 0.2) is 18.2 Å². The Morgan fingerprint density at radius 2 is 1.91 bits per heavy atom. The van der Waals surface area contributed by atoms with Gasteiger partial charge in [0.25, 0.3) is 0 Å². The van der Waals surface area contributed by atoms with Gasteiger partial charge in [-0.15, -0.1) is 24.8 Å². The van der Waals surface area contributed by atoms with E-state index in [1.54, 1.807) is 0 Å². The van der Waals surface area contributed by atoms with Gasteiger partial charge in [-0.1, -0.05) is 6.07 Å². The fraction of sp³-hybridized carbons (Fsp3) is 0.562. The summed E-state index contributed by atoms with van der Waals surface area (Å²) in [5, 5.41) is 0. The van der Waals surface area contributed by atoms with E-state index in [9.17, 15) is 4.79 Å². The Morgan fingerprint density at radius 3 is 2.61 bits per heavy atom. The van der Waals surface area contributed by atoms with E-state index in [0.717, 1.165) is 49.4 Å². The van der Waals surface area contributed by atoms with Crippen molar-refractivity contribution in [3.8, 4) is 0 Å². The summed E-state index contributed by atoms with van der Waals surface area (Å²) in [5.41, 5.74) is 8.96. The Morgan fingerprint density at radius 1 is 1.22 bits per heavy atom. The number of hydrogen-bond donors (Lipinski definition) is 1. The van der Waals surface area contributed by atoms with Crippen LogP contribution in [-0.4, -0.2) is 49.7 Å². The summed E-state index contributed by atoms with van der Waals surface area (Å²) in [6.07, 6.45) is 1.93. The summed E-state index contributed by atoms with van der Waals surface area (Å²) in [6, 6.07) is 5.74. The highest BCUT2D eigenvalue weighted by atomic mass is 35.5. The third-order valence-electron chi connectivity index (χ3n) is 4.50. The molecule has 0 bridgehead atoms. The third kappa shape index (κ3) is 4.10. The number of carbonyl (C=O) groups excluding carboxylic acids is 1. The monoisotopic (exact) mass is 361 g/mol. The lowest BCUT2D eigenvalue weighted by Gasteiger charge is -2.37. The summed E-state index contributed by atoms with van der Waals surface area (Å²) in [6.45, 7) is 5.84. The van der Waals surface area contributed by atoms with E-state index in [2.05, 4.69) is 4.90 Å². The van der Waals surface area contributed by atoms with Gasteiger partial charge in [-0.25, -0.2) is 0 Å².